The first-order valence-corrected chi connectivity index (χ1v) is 6.70. The van der Waals surface area contributed by atoms with Gasteiger partial charge < -0.3 is 10.1 Å². The van der Waals surface area contributed by atoms with E-state index in [0.29, 0.717) is 25.0 Å². The van der Waals surface area contributed by atoms with Crippen molar-refractivity contribution in [3.63, 3.8) is 0 Å². The van der Waals surface area contributed by atoms with Crippen LogP contribution in [0.2, 0.25) is 0 Å². The molecule has 0 aliphatic heterocycles. The molecule has 0 aromatic heterocycles. The summed E-state index contributed by atoms with van der Waals surface area (Å²) in [4.78, 5) is 11.5. The predicted octanol–water partition coefficient (Wildman–Crippen LogP) is 2.61. The SMILES string of the molecule is CCNC(CC(=O)OCC)Cc1ccc(F)c(C)c1. The summed E-state index contributed by atoms with van der Waals surface area (Å²) < 4.78 is 18.2. The van der Waals surface area contributed by atoms with Crippen molar-refractivity contribution in [3.8, 4) is 0 Å². The maximum atomic E-state index is 13.2. The summed E-state index contributed by atoms with van der Waals surface area (Å²) >= 11 is 0. The van der Waals surface area contributed by atoms with Crippen molar-refractivity contribution in [2.75, 3.05) is 13.2 Å². The molecule has 106 valence electrons. The molecule has 0 fully saturated rings. The molecule has 1 aromatic carbocycles. The fourth-order valence-electron chi connectivity index (χ4n) is 2.04. The Balaban J connectivity index is 2.66. The molecule has 19 heavy (non-hydrogen) atoms. The standard InChI is InChI=1S/C15H22FNO2/c1-4-17-13(10-15(18)19-5-2)9-12-6-7-14(16)11(3)8-12/h6-8,13,17H,4-5,9-10H2,1-3H3. The Morgan fingerprint density at radius 2 is 2.16 bits per heavy atom. The van der Waals surface area contributed by atoms with Crippen molar-refractivity contribution >= 4 is 5.97 Å². The van der Waals surface area contributed by atoms with Gasteiger partial charge in [0.25, 0.3) is 0 Å². The molecule has 1 rings (SSSR count). The minimum absolute atomic E-state index is 0.0221. The first-order chi connectivity index (χ1) is 9.06. The number of benzene rings is 1. The Labute approximate surface area is 114 Å². The second-order valence-corrected chi connectivity index (χ2v) is 4.55. The maximum absolute atomic E-state index is 13.2. The molecule has 0 aliphatic rings. The highest BCUT2D eigenvalue weighted by atomic mass is 19.1. The number of rotatable bonds is 7. The van der Waals surface area contributed by atoms with Crippen molar-refractivity contribution in [2.45, 2.75) is 39.7 Å². The van der Waals surface area contributed by atoms with Crippen LogP contribution >= 0.6 is 0 Å². The Kier molecular flexibility index (Phi) is 6.50. The zero-order valence-electron chi connectivity index (χ0n) is 11.8. The van der Waals surface area contributed by atoms with Gasteiger partial charge in [0.2, 0.25) is 0 Å². The van der Waals surface area contributed by atoms with E-state index >= 15 is 0 Å². The quantitative estimate of drug-likeness (QED) is 0.772. The van der Waals surface area contributed by atoms with Crippen LogP contribution in [-0.2, 0) is 16.0 Å². The topological polar surface area (TPSA) is 38.3 Å². The van der Waals surface area contributed by atoms with Crippen molar-refractivity contribution in [1.29, 1.82) is 0 Å². The molecule has 3 nitrogen and oxygen atoms in total. The number of nitrogens with one attached hydrogen (secondary N) is 1. The summed E-state index contributed by atoms with van der Waals surface area (Å²) in [5.41, 5.74) is 1.65. The van der Waals surface area contributed by atoms with Crippen LogP contribution in [0.25, 0.3) is 0 Å². The molecule has 0 saturated carbocycles. The second-order valence-electron chi connectivity index (χ2n) is 4.55. The van der Waals surface area contributed by atoms with Gasteiger partial charge in [0.15, 0.2) is 0 Å². The average Bonchev–Trinajstić information content (AvgIpc) is 2.34. The summed E-state index contributed by atoms with van der Waals surface area (Å²) in [5.74, 6) is -0.401. The molecule has 4 heteroatoms. The third kappa shape index (κ3) is 5.39. The van der Waals surface area contributed by atoms with E-state index in [1.165, 1.54) is 6.07 Å². The number of likely N-dealkylation sites (N-methyl/N-ethyl adjacent to an activating group) is 1. The lowest BCUT2D eigenvalue weighted by molar-refractivity contribution is -0.143. The average molecular weight is 267 g/mol. The molecule has 0 amide bonds. The Bertz CT molecular complexity index is 421. The Hall–Kier alpha value is -1.42. The summed E-state index contributed by atoms with van der Waals surface area (Å²) in [6.07, 6.45) is 1.02. The number of esters is 1. The Morgan fingerprint density at radius 3 is 2.74 bits per heavy atom. The molecule has 0 spiro atoms. The molecule has 0 aliphatic carbocycles. The third-order valence-corrected chi connectivity index (χ3v) is 2.92. The van der Waals surface area contributed by atoms with Gasteiger partial charge in [-0.15, -0.1) is 0 Å². The number of ether oxygens (including phenoxy) is 1. The normalized spacial score (nSPS) is 12.2. The number of halogens is 1. The van der Waals surface area contributed by atoms with Crippen LogP contribution in [0.1, 0.15) is 31.4 Å². The zero-order valence-corrected chi connectivity index (χ0v) is 11.8. The lowest BCUT2D eigenvalue weighted by Gasteiger charge is -2.17. The van der Waals surface area contributed by atoms with E-state index in [0.717, 1.165) is 12.1 Å². The summed E-state index contributed by atoms with van der Waals surface area (Å²) in [5, 5.41) is 3.26. The third-order valence-electron chi connectivity index (χ3n) is 2.92. The molecule has 1 atom stereocenters. The van der Waals surface area contributed by atoms with Gasteiger partial charge in [0, 0.05) is 6.04 Å². The van der Waals surface area contributed by atoms with E-state index in [9.17, 15) is 9.18 Å². The van der Waals surface area contributed by atoms with E-state index in [1.807, 2.05) is 13.0 Å². The molecule has 1 aromatic rings. The van der Waals surface area contributed by atoms with Crippen molar-refractivity contribution < 1.29 is 13.9 Å². The lowest BCUT2D eigenvalue weighted by atomic mass is 10.0. The smallest absolute Gasteiger partial charge is 0.307 e. The van der Waals surface area contributed by atoms with Crippen LogP contribution in [0.5, 0.6) is 0 Å². The van der Waals surface area contributed by atoms with E-state index in [-0.39, 0.29) is 17.8 Å². The summed E-state index contributed by atoms with van der Waals surface area (Å²) in [6.45, 7) is 6.71. The number of hydrogen-bond acceptors (Lipinski definition) is 3. The number of hydrogen-bond donors (Lipinski definition) is 1. The van der Waals surface area contributed by atoms with Crippen molar-refractivity contribution in [1.82, 2.24) is 5.32 Å². The molecule has 0 heterocycles. The van der Waals surface area contributed by atoms with Gasteiger partial charge in [-0.2, -0.15) is 0 Å². The van der Waals surface area contributed by atoms with Gasteiger partial charge in [-0.3, -0.25) is 4.79 Å². The highest BCUT2D eigenvalue weighted by Gasteiger charge is 2.14. The van der Waals surface area contributed by atoms with Gasteiger partial charge in [-0.05, 0) is 44.0 Å². The highest BCUT2D eigenvalue weighted by molar-refractivity contribution is 5.70. The molecular weight excluding hydrogens is 245 g/mol. The fourth-order valence-corrected chi connectivity index (χ4v) is 2.04. The number of carbonyl (C=O) groups is 1. The zero-order chi connectivity index (χ0) is 14.3. The van der Waals surface area contributed by atoms with Gasteiger partial charge in [-0.1, -0.05) is 19.1 Å². The van der Waals surface area contributed by atoms with Gasteiger partial charge in [-0.25, -0.2) is 4.39 Å². The van der Waals surface area contributed by atoms with E-state index < -0.39 is 0 Å². The minimum Gasteiger partial charge on any atom is -0.466 e. The largest absolute Gasteiger partial charge is 0.466 e. The second kappa shape index (κ2) is 7.89. The lowest BCUT2D eigenvalue weighted by Crippen LogP contribution is -2.33. The first kappa shape index (κ1) is 15.6. The van der Waals surface area contributed by atoms with E-state index in [4.69, 9.17) is 4.74 Å². The highest BCUT2D eigenvalue weighted by Crippen LogP contribution is 2.12. The van der Waals surface area contributed by atoms with Crippen LogP contribution in [0, 0.1) is 12.7 Å². The van der Waals surface area contributed by atoms with Crippen LogP contribution in [0.4, 0.5) is 4.39 Å². The number of carbonyl (C=O) groups excluding carboxylic acids is 1. The van der Waals surface area contributed by atoms with Crippen molar-refractivity contribution in [2.24, 2.45) is 0 Å². The van der Waals surface area contributed by atoms with Crippen LogP contribution in [0.15, 0.2) is 18.2 Å². The maximum Gasteiger partial charge on any atom is 0.307 e. The summed E-state index contributed by atoms with van der Waals surface area (Å²) in [7, 11) is 0. The monoisotopic (exact) mass is 267 g/mol. The summed E-state index contributed by atoms with van der Waals surface area (Å²) in [6, 6.07) is 5.08. The fraction of sp³-hybridized carbons (Fsp3) is 0.533. The molecule has 0 bridgehead atoms. The molecule has 0 radical (unpaired) electrons. The predicted molar refractivity (Wildman–Crippen MR) is 73.6 cm³/mol. The Morgan fingerprint density at radius 1 is 1.42 bits per heavy atom. The number of aryl methyl sites for hydroxylation is 1. The van der Waals surface area contributed by atoms with Gasteiger partial charge in [0.05, 0.1) is 13.0 Å². The first-order valence-electron chi connectivity index (χ1n) is 6.70. The van der Waals surface area contributed by atoms with Crippen LogP contribution < -0.4 is 5.32 Å². The molecule has 0 saturated heterocycles. The van der Waals surface area contributed by atoms with Crippen molar-refractivity contribution in [3.05, 3.63) is 35.1 Å². The van der Waals surface area contributed by atoms with Crippen LogP contribution in [0.3, 0.4) is 0 Å². The molecular formula is C15H22FNO2. The van der Waals surface area contributed by atoms with E-state index in [1.54, 1.807) is 19.9 Å². The van der Waals surface area contributed by atoms with E-state index in [2.05, 4.69) is 5.32 Å². The van der Waals surface area contributed by atoms with Crippen LogP contribution in [-0.4, -0.2) is 25.2 Å². The molecule has 1 N–H and O–H groups in total. The van der Waals surface area contributed by atoms with Gasteiger partial charge >= 0.3 is 5.97 Å². The molecule has 1 unspecified atom stereocenters. The van der Waals surface area contributed by atoms with Gasteiger partial charge in [0.1, 0.15) is 5.82 Å². The minimum atomic E-state index is -0.202.